The molecule has 31 heavy (non-hydrogen) atoms. The number of rotatable bonds is 7. The molecule has 0 radical (unpaired) electrons. The second kappa shape index (κ2) is 8.93. The van der Waals surface area contributed by atoms with Crippen LogP contribution in [-0.2, 0) is 26.8 Å². The fourth-order valence-corrected chi connectivity index (χ4v) is 4.05. The number of nitrogens with one attached hydrogen (secondary N) is 2. The summed E-state index contributed by atoms with van der Waals surface area (Å²) >= 11 is 0. The van der Waals surface area contributed by atoms with Crippen molar-refractivity contribution < 1.29 is 13.2 Å². The van der Waals surface area contributed by atoms with Crippen LogP contribution in [0.3, 0.4) is 0 Å². The molecular weight excluding hydrogens is 412 g/mol. The molecule has 1 heterocycles. The Hall–Kier alpha value is -3.13. The third kappa shape index (κ3) is 5.73. The minimum absolute atomic E-state index is 0.0694. The predicted octanol–water partition coefficient (Wildman–Crippen LogP) is 4.38. The van der Waals surface area contributed by atoms with Gasteiger partial charge in [-0.05, 0) is 40.8 Å². The summed E-state index contributed by atoms with van der Waals surface area (Å²) in [6, 6.07) is 15.9. The zero-order valence-electron chi connectivity index (χ0n) is 18.2. The number of amides is 1. The van der Waals surface area contributed by atoms with E-state index in [1.165, 1.54) is 17.7 Å². The molecule has 0 aliphatic rings. The van der Waals surface area contributed by atoms with Gasteiger partial charge in [0.15, 0.2) is 0 Å². The molecule has 0 aliphatic carbocycles. The molecule has 0 saturated carbocycles. The molecule has 0 aliphatic heterocycles. The second-order valence-electron chi connectivity index (χ2n) is 8.35. The molecule has 3 rings (SSSR count). The highest BCUT2D eigenvalue weighted by Gasteiger charge is 2.17. The Balaban J connectivity index is 1.73. The third-order valence-corrected chi connectivity index (χ3v) is 6.25. The standard InChI is InChI=1S/C23H28N4O3S/c1-5-22(28)25-19-10-12-20(13-11-19)31(29,30)26-21-14-15-24-27(21)16-17-6-8-18(9-7-17)23(2,3)4/h6-15,26H,5,16H2,1-4H3,(H,25,28). The van der Waals surface area contributed by atoms with Crippen LogP contribution in [0.5, 0.6) is 0 Å². The number of benzene rings is 2. The van der Waals surface area contributed by atoms with E-state index in [-0.39, 0.29) is 16.2 Å². The molecule has 0 bridgehead atoms. The van der Waals surface area contributed by atoms with Crippen molar-refractivity contribution in [2.45, 2.75) is 51.0 Å². The fraction of sp³-hybridized carbons (Fsp3) is 0.304. The van der Waals surface area contributed by atoms with Crippen molar-refractivity contribution in [1.29, 1.82) is 0 Å². The smallest absolute Gasteiger partial charge is 0.263 e. The van der Waals surface area contributed by atoms with Gasteiger partial charge in [-0.2, -0.15) is 5.10 Å². The minimum atomic E-state index is -3.80. The number of aromatic nitrogens is 2. The average molecular weight is 441 g/mol. The van der Waals surface area contributed by atoms with E-state index in [0.717, 1.165) is 5.56 Å². The van der Waals surface area contributed by atoms with Crippen LogP contribution in [0.4, 0.5) is 11.5 Å². The summed E-state index contributed by atoms with van der Waals surface area (Å²) in [6.45, 7) is 8.67. The Kier molecular flexibility index (Phi) is 6.50. The molecule has 0 unspecified atom stereocenters. The maximum Gasteiger partial charge on any atom is 0.263 e. The van der Waals surface area contributed by atoms with Crippen LogP contribution >= 0.6 is 0 Å². The first-order valence-electron chi connectivity index (χ1n) is 10.1. The van der Waals surface area contributed by atoms with Gasteiger partial charge in [0.2, 0.25) is 5.91 Å². The molecule has 8 heteroatoms. The molecule has 0 saturated heterocycles. The number of sulfonamides is 1. The van der Waals surface area contributed by atoms with Crippen LogP contribution in [0, 0.1) is 0 Å². The third-order valence-electron chi connectivity index (χ3n) is 4.88. The quantitative estimate of drug-likeness (QED) is 0.570. The molecule has 3 aromatic rings. The lowest BCUT2D eigenvalue weighted by Crippen LogP contribution is -2.17. The summed E-state index contributed by atoms with van der Waals surface area (Å²) in [7, 11) is -3.80. The Morgan fingerprint density at radius 1 is 1.00 bits per heavy atom. The molecule has 0 spiro atoms. The van der Waals surface area contributed by atoms with E-state index < -0.39 is 10.0 Å². The van der Waals surface area contributed by atoms with Crippen LogP contribution in [0.2, 0.25) is 0 Å². The van der Waals surface area contributed by atoms with Crippen LogP contribution in [-0.4, -0.2) is 24.1 Å². The number of carbonyl (C=O) groups is 1. The Labute approximate surface area is 183 Å². The topological polar surface area (TPSA) is 93.1 Å². The van der Waals surface area contributed by atoms with E-state index in [4.69, 9.17) is 0 Å². The molecule has 7 nitrogen and oxygen atoms in total. The average Bonchev–Trinajstić information content (AvgIpc) is 3.14. The molecule has 1 amide bonds. The lowest BCUT2D eigenvalue weighted by Gasteiger charge is -2.19. The lowest BCUT2D eigenvalue weighted by atomic mass is 9.87. The Bertz CT molecular complexity index is 1140. The fourth-order valence-electron chi connectivity index (χ4n) is 2.99. The first-order valence-corrected chi connectivity index (χ1v) is 11.6. The van der Waals surface area contributed by atoms with Gasteiger partial charge in [-0.25, -0.2) is 13.1 Å². The van der Waals surface area contributed by atoms with Crippen molar-refractivity contribution in [3.8, 4) is 0 Å². The summed E-state index contributed by atoms with van der Waals surface area (Å²) in [4.78, 5) is 11.6. The number of carbonyl (C=O) groups excluding carboxylic acids is 1. The highest BCUT2D eigenvalue weighted by molar-refractivity contribution is 7.92. The van der Waals surface area contributed by atoms with Gasteiger partial charge in [-0.1, -0.05) is 52.0 Å². The summed E-state index contributed by atoms with van der Waals surface area (Å²) in [5, 5.41) is 6.96. The predicted molar refractivity (Wildman–Crippen MR) is 123 cm³/mol. The monoisotopic (exact) mass is 440 g/mol. The van der Waals surface area contributed by atoms with Gasteiger partial charge in [0, 0.05) is 18.2 Å². The van der Waals surface area contributed by atoms with Crippen LogP contribution in [0.25, 0.3) is 0 Å². The highest BCUT2D eigenvalue weighted by Crippen LogP contribution is 2.23. The zero-order chi connectivity index (χ0) is 22.6. The summed E-state index contributed by atoms with van der Waals surface area (Å²) < 4.78 is 29.8. The molecular formula is C23H28N4O3S. The number of hydrogen-bond donors (Lipinski definition) is 2. The zero-order valence-corrected chi connectivity index (χ0v) is 19.0. The lowest BCUT2D eigenvalue weighted by molar-refractivity contribution is -0.115. The Morgan fingerprint density at radius 2 is 1.65 bits per heavy atom. The number of anilines is 2. The normalized spacial score (nSPS) is 11.9. The van der Waals surface area contributed by atoms with Gasteiger partial charge in [-0.3, -0.25) is 9.52 Å². The van der Waals surface area contributed by atoms with Crippen LogP contribution < -0.4 is 10.0 Å². The van der Waals surface area contributed by atoms with Gasteiger partial charge in [-0.15, -0.1) is 0 Å². The maximum absolute atomic E-state index is 12.8. The van der Waals surface area contributed by atoms with E-state index in [1.54, 1.807) is 36.0 Å². The van der Waals surface area contributed by atoms with Gasteiger partial charge in [0.05, 0.1) is 17.6 Å². The number of nitrogens with zero attached hydrogens (tertiary/aromatic N) is 2. The van der Waals surface area contributed by atoms with Crippen molar-refractivity contribution in [2.75, 3.05) is 10.0 Å². The first-order chi connectivity index (χ1) is 14.6. The van der Waals surface area contributed by atoms with E-state index in [9.17, 15) is 13.2 Å². The van der Waals surface area contributed by atoms with Gasteiger partial charge >= 0.3 is 0 Å². The molecule has 164 valence electrons. The van der Waals surface area contributed by atoms with E-state index in [2.05, 4.69) is 48.0 Å². The van der Waals surface area contributed by atoms with Gasteiger partial charge < -0.3 is 5.32 Å². The SMILES string of the molecule is CCC(=O)Nc1ccc(S(=O)(=O)Nc2ccnn2Cc2ccc(C(C)(C)C)cc2)cc1. The van der Waals surface area contributed by atoms with E-state index in [0.29, 0.717) is 24.5 Å². The van der Waals surface area contributed by atoms with Crippen molar-refractivity contribution in [3.63, 3.8) is 0 Å². The van der Waals surface area contributed by atoms with Crippen LogP contribution in [0.1, 0.15) is 45.2 Å². The van der Waals surface area contributed by atoms with Crippen molar-refractivity contribution in [1.82, 2.24) is 9.78 Å². The number of hydrogen-bond acceptors (Lipinski definition) is 4. The summed E-state index contributed by atoms with van der Waals surface area (Å²) in [5.74, 6) is 0.247. The second-order valence-corrected chi connectivity index (χ2v) is 10.0. The summed E-state index contributed by atoms with van der Waals surface area (Å²) in [5.41, 5.74) is 2.87. The molecule has 0 fully saturated rings. The van der Waals surface area contributed by atoms with E-state index >= 15 is 0 Å². The minimum Gasteiger partial charge on any atom is -0.326 e. The van der Waals surface area contributed by atoms with E-state index in [1.807, 2.05) is 12.1 Å². The Morgan fingerprint density at radius 3 is 2.23 bits per heavy atom. The highest BCUT2D eigenvalue weighted by atomic mass is 32.2. The van der Waals surface area contributed by atoms with Crippen LogP contribution in [0.15, 0.2) is 65.7 Å². The summed E-state index contributed by atoms with van der Waals surface area (Å²) in [6.07, 6.45) is 1.91. The molecule has 2 aromatic carbocycles. The van der Waals surface area contributed by atoms with Gasteiger partial charge in [0.25, 0.3) is 10.0 Å². The van der Waals surface area contributed by atoms with Crippen molar-refractivity contribution in [2.24, 2.45) is 0 Å². The molecule has 2 N–H and O–H groups in total. The van der Waals surface area contributed by atoms with Gasteiger partial charge in [0.1, 0.15) is 5.82 Å². The first kappa shape index (κ1) is 22.6. The van der Waals surface area contributed by atoms with Crippen molar-refractivity contribution >= 4 is 27.4 Å². The molecule has 1 aromatic heterocycles. The largest absolute Gasteiger partial charge is 0.326 e. The maximum atomic E-state index is 12.8. The molecule has 0 atom stereocenters. The van der Waals surface area contributed by atoms with Crippen molar-refractivity contribution in [3.05, 3.63) is 71.9 Å².